The largest absolute Gasteiger partial charge is 0.334 e. The van der Waals surface area contributed by atoms with Crippen molar-refractivity contribution in [1.82, 2.24) is 19.7 Å². The smallest absolute Gasteiger partial charge is 0.244 e. The minimum atomic E-state index is 0.153. The molecule has 3 rings (SSSR count). The standard InChI is InChI=1S/C18H24N4O/c1-14-12-15(2)22(20-14)13-18(23)21-11-5-3-4-6-17(21)16-7-9-19-10-8-16/h7-10,12,17H,3-6,11,13H2,1-2H3/t17-/m0/s1. The molecule has 0 bridgehead atoms. The summed E-state index contributed by atoms with van der Waals surface area (Å²) in [5.74, 6) is 0.153. The molecule has 0 spiro atoms. The van der Waals surface area contributed by atoms with Crippen LogP contribution in [0, 0.1) is 13.8 Å². The van der Waals surface area contributed by atoms with Crippen LogP contribution in [0.15, 0.2) is 30.6 Å². The highest BCUT2D eigenvalue weighted by Crippen LogP contribution is 2.30. The van der Waals surface area contributed by atoms with Gasteiger partial charge in [-0.25, -0.2) is 0 Å². The third-order valence-electron chi connectivity index (χ3n) is 4.55. The number of aromatic nitrogens is 3. The molecule has 2 aromatic heterocycles. The average Bonchev–Trinajstić information content (AvgIpc) is 2.76. The van der Waals surface area contributed by atoms with Crippen LogP contribution in [0.3, 0.4) is 0 Å². The van der Waals surface area contributed by atoms with Gasteiger partial charge >= 0.3 is 0 Å². The lowest BCUT2D eigenvalue weighted by atomic mass is 10.0. The van der Waals surface area contributed by atoms with Gasteiger partial charge in [0.15, 0.2) is 0 Å². The monoisotopic (exact) mass is 312 g/mol. The lowest BCUT2D eigenvalue weighted by molar-refractivity contribution is -0.134. The van der Waals surface area contributed by atoms with Crippen LogP contribution in [0.1, 0.15) is 48.7 Å². The zero-order valence-corrected chi connectivity index (χ0v) is 13.9. The number of carbonyl (C=O) groups excluding carboxylic acids is 1. The van der Waals surface area contributed by atoms with Gasteiger partial charge in [-0.1, -0.05) is 12.8 Å². The third-order valence-corrected chi connectivity index (χ3v) is 4.55. The molecule has 0 saturated carbocycles. The van der Waals surface area contributed by atoms with Gasteiger partial charge < -0.3 is 4.90 Å². The Hall–Kier alpha value is -2.17. The van der Waals surface area contributed by atoms with Gasteiger partial charge in [0.2, 0.25) is 5.91 Å². The Morgan fingerprint density at radius 1 is 1.22 bits per heavy atom. The Kier molecular flexibility index (Phi) is 4.74. The number of hydrogen-bond donors (Lipinski definition) is 0. The number of rotatable bonds is 3. The first-order chi connectivity index (χ1) is 11.1. The molecule has 3 heterocycles. The molecule has 0 unspecified atom stereocenters. The van der Waals surface area contributed by atoms with E-state index in [1.165, 1.54) is 12.0 Å². The second-order valence-electron chi connectivity index (χ2n) is 6.32. The second kappa shape index (κ2) is 6.94. The molecule has 1 fully saturated rings. The van der Waals surface area contributed by atoms with E-state index in [9.17, 15) is 4.79 Å². The van der Waals surface area contributed by atoms with Crippen molar-refractivity contribution in [3.63, 3.8) is 0 Å². The second-order valence-corrected chi connectivity index (χ2v) is 6.32. The van der Waals surface area contributed by atoms with Crippen molar-refractivity contribution in [3.05, 3.63) is 47.5 Å². The zero-order valence-electron chi connectivity index (χ0n) is 13.9. The Morgan fingerprint density at radius 2 is 2.00 bits per heavy atom. The summed E-state index contributed by atoms with van der Waals surface area (Å²) < 4.78 is 1.81. The fraction of sp³-hybridized carbons (Fsp3) is 0.500. The summed E-state index contributed by atoms with van der Waals surface area (Å²) in [6.07, 6.45) is 8.06. The molecular formula is C18H24N4O. The van der Waals surface area contributed by atoms with Gasteiger partial charge in [0.25, 0.3) is 0 Å². The van der Waals surface area contributed by atoms with Crippen LogP contribution in [0.25, 0.3) is 0 Å². The number of carbonyl (C=O) groups is 1. The van der Waals surface area contributed by atoms with Crippen LogP contribution in [-0.4, -0.2) is 32.1 Å². The maximum atomic E-state index is 12.9. The lowest BCUT2D eigenvalue weighted by Crippen LogP contribution is -2.37. The summed E-state index contributed by atoms with van der Waals surface area (Å²) in [6.45, 7) is 5.10. The van der Waals surface area contributed by atoms with Gasteiger partial charge in [-0.05, 0) is 50.5 Å². The van der Waals surface area contributed by atoms with E-state index in [1.54, 1.807) is 0 Å². The highest BCUT2D eigenvalue weighted by Gasteiger charge is 2.27. The van der Waals surface area contributed by atoms with E-state index >= 15 is 0 Å². The Balaban J connectivity index is 1.81. The van der Waals surface area contributed by atoms with Crippen molar-refractivity contribution in [1.29, 1.82) is 0 Å². The predicted molar refractivity (Wildman–Crippen MR) is 88.9 cm³/mol. The van der Waals surface area contributed by atoms with Crippen molar-refractivity contribution >= 4 is 5.91 Å². The quantitative estimate of drug-likeness (QED) is 0.875. The fourth-order valence-corrected chi connectivity index (χ4v) is 3.39. The zero-order chi connectivity index (χ0) is 16.2. The van der Waals surface area contributed by atoms with E-state index in [0.717, 1.165) is 37.2 Å². The predicted octanol–water partition coefficient (Wildman–Crippen LogP) is 3.04. The first-order valence-electron chi connectivity index (χ1n) is 8.35. The summed E-state index contributed by atoms with van der Waals surface area (Å²) in [6, 6.07) is 6.22. The number of hydrogen-bond acceptors (Lipinski definition) is 3. The van der Waals surface area contributed by atoms with E-state index in [4.69, 9.17) is 0 Å². The molecule has 5 heteroatoms. The van der Waals surface area contributed by atoms with Crippen LogP contribution in [0.5, 0.6) is 0 Å². The molecule has 1 aliphatic rings. The summed E-state index contributed by atoms with van der Waals surface area (Å²) in [5.41, 5.74) is 3.17. The highest BCUT2D eigenvalue weighted by atomic mass is 16.2. The normalized spacial score (nSPS) is 18.7. The highest BCUT2D eigenvalue weighted by molar-refractivity contribution is 5.76. The molecule has 0 aliphatic carbocycles. The molecule has 1 saturated heterocycles. The van der Waals surface area contributed by atoms with E-state index in [1.807, 2.05) is 54.0 Å². The fourth-order valence-electron chi connectivity index (χ4n) is 3.39. The number of likely N-dealkylation sites (tertiary alicyclic amines) is 1. The van der Waals surface area contributed by atoms with Crippen LogP contribution in [0.2, 0.25) is 0 Å². The number of pyridine rings is 1. The molecule has 5 nitrogen and oxygen atoms in total. The number of amides is 1. The van der Waals surface area contributed by atoms with Gasteiger partial charge in [0.1, 0.15) is 6.54 Å². The average molecular weight is 312 g/mol. The molecular weight excluding hydrogens is 288 g/mol. The first-order valence-corrected chi connectivity index (χ1v) is 8.35. The molecule has 0 aromatic carbocycles. The Labute approximate surface area is 137 Å². The van der Waals surface area contributed by atoms with Crippen molar-refractivity contribution in [2.24, 2.45) is 0 Å². The van der Waals surface area contributed by atoms with Crippen molar-refractivity contribution < 1.29 is 4.79 Å². The van der Waals surface area contributed by atoms with E-state index in [-0.39, 0.29) is 11.9 Å². The minimum absolute atomic E-state index is 0.153. The van der Waals surface area contributed by atoms with Crippen LogP contribution in [0.4, 0.5) is 0 Å². The Bertz CT molecular complexity index is 665. The third kappa shape index (κ3) is 3.60. The number of aryl methyl sites for hydroxylation is 2. The van der Waals surface area contributed by atoms with Crippen LogP contribution >= 0.6 is 0 Å². The van der Waals surface area contributed by atoms with Crippen molar-refractivity contribution in [3.8, 4) is 0 Å². The van der Waals surface area contributed by atoms with Gasteiger partial charge in [0, 0.05) is 24.6 Å². The molecule has 122 valence electrons. The SMILES string of the molecule is Cc1cc(C)n(CC(=O)N2CCCCC[C@H]2c2ccncc2)n1. The molecule has 2 aromatic rings. The van der Waals surface area contributed by atoms with Gasteiger partial charge in [-0.15, -0.1) is 0 Å². The van der Waals surface area contributed by atoms with E-state index in [0.29, 0.717) is 6.54 Å². The summed E-state index contributed by atoms with van der Waals surface area (Å²) >= 11 is 0. The van der Waals surface area contributed by atoms with E-state index < -0.39 is 0 Å². The van der Waals surface area contributed by atoms with Crippen LogP contribution in [-0.2, 0) is 11.3 Å². The van der Waals surface area contributed by atoms with Gasteiger partial charge in [-0.3, -0.25) is 14.5 Å². The maximum Gasteiger partial charge on any atom is 0.244 e. The summed E-state index contributed by atoms with van der Waals surface area (Å²) in [5, 5.41) is 4.43. The molecule has 1 amide bonds. The molecule has 1 aliphatic heterocycles. The number of nitrogens with zero attached hydrogens (tertiary/aromatic N) is 4. The van der Waals surface area contributed by atoms with Crippen molar-refractivity contribution in [2.45, 2.75) is 52.1 Å². The van der Waals surface area contributed by atoms with Gasteiger partial charge in [-0.2, -0.15) is 5.10 Å². The van der Waals surface area contributed by atoms with Gasteiger partial charge in [0.05, 0.1) is 11.7 Å². The minimum Gasteiger partial charge on any atom is -0.334 e. The van der Waals surface area contributed by atoms with Crippen molar-refractivity contribution in [2.75, 3.05) is 6.54 Å². The Morgan fingerprint density at radius 3 is 2.70 bits per heavy atom. The summed E-state index contributed by atoms with van der Waals surface area (Å²) in [7, 11) is 0. The molecule has 0 N–H and O–H groups in total. The summed E-state index contributed by atoms with van der Waals surface area (Å²) in [4.78, 5) is 19.1. The maximum absolute atomic E-state index is 12.9. The topological polar surface area (TPSA) is 51.0 Å². The van der Waals surface area contributed by atoms with Crippen LogP contribution < -0.4 is 0 Å². The van der Waals surface area contributed by atoms with E-state index in [2.05, 4.69) is 10.1 Å². The molecule has 1 atom stereocenters. The molecule has 0 radical (unpaired) electrons. The molecule has 23 heavy (non-hydrogen) atoms. The lowest BCUT2D eigenvalue weighted by Gasteiger charge is -2.30. The first kappa shape index (κ1) is 15.7.